The summed E-state index contributed by atoms with van der Waals surface area (Å²) < 4.78 is 0. The van der Waals surface area contributed by atoms with Crippen LogP contribution < -0.4 is 10.2 Å². The number of aryl methyl sites for hydroxylation is 1. The molecule has 1 saturated heterocycles. The van der Waals surface area contributed by atoms with Crippen molar-refractivity contribution in [3.05, 3.63) is 36.2 Å². The van der Waals surface area contributed by atoms with E-state index in [-0.39, 0.29) is 0 Å². The molecule has 0 saturated carbocycles. The molecule has 1 fully saturated rings. The van der Waals surface area contributed by atoms with Crippen molar-refractivity contribution in [3.63, 3.8) is 0 Å². The fraction of sp³-hybridized carbons (Fsp3) is 0.429. The highest BCUT2D eigenvalue weighted by atomic mass is 15.2. The Morgan fingerprint density at radius 2 is 2.20 bits per heavy atom. The van der Waals surface area contributed by atoms with Crippen LogP contribution in [0.25, 0.3) is 0 Å². The van der Waals surface area contributed by atoms with E-state index in [1.54, 1.807) is 18.6 Å². The minimum atomic E-state index is 0.351. The van der Waals surface area contributed by atoms with Crippen molar-refractivity contribution in [1.82, 2.24) is 19.9 Å². The van der Waals surface area contributed by atoms with E-state index < -0.39 is 0 Å². The molecule has 2 aromatic rings. The zero-order chi connectivity index (χ0) is 13.9. The lowest BCUT2D eigenvalue weighted by Gasteiger charge is -2.16. The fourth-order valence-corrected chi connectivity index (χ4v) is 2.54. The first kappa shape index (κ1) is 12.8. The van der Waals surface area contributed by atoms with Crippen molar-refractivity contribution in [2.45, 2.75) is 19.3 Å². The highest BCUT2D eigenvalue weighted by molar-refractivity contribution is 5.39. The Labute approximate surface area is 118 Å². The molecule has 0 radical (unpaired) electrons. The van der Waals surface area contributed by atoms with E-state index in [9.17, 15) is 0 Å². The van der Waals surface area contributed by atoms with Gasteiger partial charge in [0.15, 0.2) is 0 Å². The summed E-state index contributed by atoms with van der Waals surface area (Å²) in [6, 6.07) is 1.96. The summed E-state index contributed by atoms with van der Waals surface area (Å²) in [6.45, 7) is 3.86. The molecule has 1 atom stereocenters. The van der Waals surface area contributed by atoms with E-state index in [0.717, 1.165) is 42.7 Å². The number of hydrogen-bond acceptors (Lipinski definition) is 6. The molecular formula is C14H18N6. The number of nitrogens with one attached hydrogen (secondary N) is 1. The predicted octanol–water partition coefficient (Wildman–Crippen LogP) is 1.61. The number of anilines is 2. The molecule has 2 aromatic heterocycles. The van der Waals surface area contributed by atoms with Gasteiger partial charge in [-0.05, 0) is 13.3 Å². The number of hydrogen-bond donors (Lipinski definition) is 1. The molecule has 0 aromatic carbocycles. The van der Waals surface area contributed by atoms with E-state index in [2.05, 4.69) is 30.2 Å². The van der Waals surface area contributed by atoms with Crippen LogP contribution in [0.3, 0.4) is 0 Å². The molecule has 0 spiro atoms. The van der Waals surface area contributed by atoms with Gasteiger partial charge in [-0.2, -0.15) is 0 Å². The highest BCUT2D eigenvalue weighted by Gasteiger charge is 2.27. The van der Waals surface area contributed by atoms with Crippen LogP contribution in [0, 0.1) is 6.92 Å². The third-order valence-corrected chi connectivity index (χ3v) is 3.55. The van der Waals surface area contributed by atoms with Crippen molar-refractivity contribution < 1.29 is 0 Å². The minimum Gasteiger partial charge on any atom is -0.373 e. The Balaban J connectivity index is 1.79. The Bertz CT molecular complexity index is 585. The van der Waals surface area contributed by atoms with Gasteiger partial charge < -0.3 is 10.2 Å². The fourth-order valence-electron chi connectivity index (χ4n) is 2.54. The predicted molar refractivity (Wildman–Crippen MR) is 77.9 cm³/mol. The van der Waals surface area contributed by atoms with Crippen LogP contribution in [-0.2, 0) is 0 Å². The second-order valence-electron chi connectivity index (χ2n) is 5.00. The highest BCUT2D eigenvalue weighted by Crippen LogP contribution is 2.28. The maximum absolute atomic E-state index is 4.58. The molecule has 20 heavy (non-hydrogen) atoms. The van der Waals surface area contributed by atoms with Gasteiger partial charge in [0.1, 0.15) is 17.5 Å². The second kappa shape index (κ2) is 5.40. The quantitative estimate of drug-likeness (QED) is 0.914. The smallest absolute Gasteiger partial charge is 0.147 e. The van der Waals surface area contributed by atoms with E-state index >= 15 is 0 Å². The Hall–Kier alpha value is -2.24. The molecule has 6 nitrogen and oxygen atoms in total. The summed E-state index contributed by atoms with van der Waals surface area (Å²) in [4.78, 5) is 19.9. The number of aromatic nitrogens is 4. The van der Waals surface area contributed by atoms with E-state index in [1.165, 1.54) is 0 Å². The van der Waals surface area contributed by atoms with E-state index in [0.29, 0.717) is 5.92 Å². The van der Waals surface area contributed by atoms with Crippen molar-refractivity contribution in [3.8, 4) is 0 Å². The molecule has 104 valence electrons. The average molecular weight is 270 g/mol. The van der Waals surface area contributed by atoms with Crippen LogP contribution in [0.2, 0.25) is 0 Å². The monoisotopic (exact) mass is 270 g/mol. The lowest BCUT2D eigenvalue weighted by molar-refractivity contribution is 0.705. The van der Waals surface area contributed by atoms with Crippen LogP contribution in [0.4, 0.5) is 11.6 Å². The van der Waals surface area contributed by atoms with Gasteiger partial charge in [-0.15, -0.1) is 0 Å². The van der Waals surface area contributed by atoms with Gasteiger partial charge in [0.25, 0.3) is 0 Å². The first-order valence-electron chi connectivity index (χ1n) is 6.80. The second-order valence-corrected chi connectivity index (χ2v) is 5.00. The summed E-state index contributed by atoms with van der Waals surface area (Å²) in [5.74, 6) is 3.08. The molecule has 3 heterocycles. The van der Waals surface area contributed by atoms with Gasteiger partial charge in [-0.25, -0.2) is 15.0 Å². The largest absolute Gasteiger partial charge is 0.373 e. The lowest BCUT2D eigenvalue weighted by atomic mass is 10.1. The van der Waals surface area contributed by atoms with Gasteiger partial charge in [0.05, 0.1) is 6.20 Å². The summed E-state index contributed by atoms with van der Waals surface area (Å²) in [5.41, 5.74) is 0.998. The number of rotatable bonds is 3. The van der Waals surface area contributed by atoms with Gasteiger partial charge in [-0.1, -0.05) is 0 Å². The molecule has 1 N–H and O–H groups in total. The number of nitrogens with zero attached hydrogens (tertiary/aromatic N) is 5. The van der Waals surface area contributed by atoms with E-state index in [4.69, 9.17) is 0 Å². The van der Waals surface area contributed by atoms with Crippen molar-refractivity contribution in [1.29, 1.82) is 0 Å². The van der Waals surface area contributed by atoms with E-state index in [1.807, 2.05) is 20.0 Å². The summed E-state index contributed by atoms with van der Waals surface area (Å²) in [7, 11) is 1.88. The normalized spacial score (nSPS) is 18.3. The van der Waals surface area contributed by atoms with Crippen molar-refractivity contribution in [2.75, 3.05) is 30.4 Å². The summed E-state index contributed by atoms with van der Waals surface area (Å²) in [6.07, 6.45) is 6.27. The third-order valence-electron chi connectivity index (χ3n) is 3.55. The minimum absolute atomic E-state index is 0.351. The van der Waals surface area contributed by atoms with Crippen molar-refractivity contribution in [2.24, 2.45) is 0 Å². The Morgan fingerprint density at radius 3 is 2.95 bits per heavy atom. The third kappa shape index (κ3) is 2.54. The van der Waals surface area contributed by atoms with Crippen LogP contribution in [0.15, 0.2) is 24.7 Å². The van der Waals surface area contributed by atoms with Crippen LogP contribution in [0.5, 0.6) is 0 Å². The molecule has 3 rings (SSSR count). The summed E-state index contributed by atoms with van der Waals surface area (Å²) in [5, 5.41) is 3.09. The molecule has 0 amide bonds. The van der Waals surface area contributed by atoms with Gasteiger partial charge in [-0.3, -0.25) is 4.98 Å². The van der Waals surface area contributed by atoms with Crippen molar-refractivity contribution >= 4 is 11.6 Å². The molecule has 0 bridgehead atoms. The SMILES string of the molecule is CNc1cc(C)nc([C@H]2CCN(c3cnccn3)C2)n1. The van der Waals surface area contributed by atoms with Crippen LogP contribution >= 0.6 is 0 Å². The maximum Gasteiger partial charge on any atom is 0.147 e. The zero-order valence-electron chi connectivity index (χ0n) is 11.7. The topological polar surface area (TPSA) is 66.8 Å². The first-order valence-corrected chi connectivity index (χ1v) is 6.80. The molecule has 1 aliphatic heterocycles. The Kier molecular flexibility index (Phi) is 3.45. The Morgan fingerprint density at radius 1 is 1.30 bits per heavy atom. The van der Waals surface area contributed by atoms with Crippen LogP contribution in [0.1, 0.15) is 23.9 Å². The standard InChI is InChI=1S/C14H18N6/c1-10-7-12(15-2)19-14(18-10)11-3-6-20(9-11)13-8-16-4-5-17-13/h4-5,7-8,11H,3,6,9H2,1-2H3,(H,15,18,19)/t11-/m0/s1. The molecule has 6 heteroatoms. The van der Waals surface area contributed by atoms with Crippen LogP contribution in [-0.4, -0.2) is 40.1 Å². The average Bonchev–Trinajstić information content (AvgIpc) is 2.97. The zero-order valence-corrected chi connectivity index (χ0v) is 11.7. The van der Waals surface area contributed by atoms with Gasteiger partial charge in [0.2, 0.25) is 0 Å². The van der Waals surface area contributed by atoms with Gasteiger partial charge >= 0.3 is 0 Å². The summed E-state index contributed by atoms with van der Waals surface area (Å²) >= 11 is 0. The molecular weight excluding hydrogens is 252 g/mol. The maximum atomic E-state index is 4.58. The molecule has 1 aliphatic rings. The lowest BCUT2D eigenvalue weighted by Crippen LogP contribution is -2.21. The first-order chi connectivity index (χ1) is 9.76. The van der Waals surface area contributed by atoms with Gasteiger partial charge in [0, 0.05) is 50.2 Å². The molecule has 0 unspecified atom stereocenters. The molecule has 0 aliphatic carbocycles.